The Hall–Kier alpha value is -5.03. The van der Waals surface area contributed by atoms with Crippen LogP contribution in [0.2, 0.25) is 0 Å². The number of nitrogens with zero attached hydrogens (tertiary/aromatic N) is 8. The van der Waals surface area contributed by atoms with Gasteiger partial charge in [0.05, 0.1) is 11.6 Å². The fourth-order valence-corrected chi connectivity index (χ4v) is 6.39. The summed E-state index contributed by atoms with van der Waals surface area (Å²) in [4.78, 5) is 55.1. The molecule has 1 aliphatic rings. The van der Waals surface area contributed by atoms with E-state index in [0.29, 0.717) is 58.2 Å². The van der Waals surface area contributed by atoms with Gasteiger partial charge >= 0.3 is 6.09 Å². The summed E-state index contributed by atoms with van der Waals surface area (Å²) in [6.45, 7) is 6.66. The zero-order chi connectivity index (χ0) is 35.0. The number of aromatic amines is 1. The maximum absolute atomic E-state index is 12.4. The molecule has 15 nitrogen and oxygen atoms in total. The Balaban J connectivity index is 0.000000195. The van der Waals surface area contributed by atoms with Gasteiger partial charge in [-0.3, -0.25) is 19.4 Å². The number of H-pyrrole nitrogens is 1. The second kappa shape index (κ2) is 13.5. The number of carbonyl (C=O) groups excluding carboxylic acids is 3. The average Bonchev–Trinajstić information content (AvgIpc) is 3.71. The van der Waals surface area contributed by atoms with Crippen molar-refractivity contribution in [3.05, 3.63) is 48.0 Å². The van der Waals surface area contributed by atoms with E-state index in [1.165, 1.54) is 23.5 Å². The fourth-order valence-electron chi connectivity index (χ4n) is 5.70. The number of benzene rings is 2. The van der Waals surface area contributed by atoms with Gasteiger partial charge in [-0.05, 0) is 58.3 Å². The van der Waals surface area contributed by atoms with Gasteiger partial charge in [-0.2, -0.15) is 10.2 Å². The van der Waals surface area contributed by atoms with Crippen molar-refractivity contribution < 1.29 is 19.1 Å². The van der Waals surface area contributed by atoms with Crippen LogP contribution < -0.4 is 11.5 Å². The molecule has 6 aromatic rings. The lowest BCUT2D eigenvalue weighted by molar-refractivity contribution is 0.0186. The lowest BCUT2D eigenvalue weighted by atomic mass is 10.0. The first-order chi connectivity index (χ1) is 23.4. The van der Waals surface area contributed by atoms with Crippen molar-refractivity contribution in [2.45, 2.75) is 55.6 Å². The summed E-state index contributed by atoms with van der Waals surface area (Å²) in [5, 5.41) is 15.8. The van der Waals surface area contributed by atoms with E-state index in [-0.39, 0.29) is 17.8 Å². The van der Waals surface area contributed by atoms with E-state index in [9.17, 15) is 14.4 Å². The summed E-state index contributed by atoms with van der Waals surface area (Å²) >= 11 is 2.91. The van der Waals surface area contributed by atoms with Crippen LogP contribution in [0.15, 0.2) is 47.0 Å². The molecule has 7 rings (SSSR count). The van der Waals surface area contributed by atoms with Crippen LogP contribution >= 0.6 is 23.5 Å². The van der Waals surface area contributed by atoms with Crippen molar-refractivity contribution in [3.8, 4) is 0 Å². The highest BCUT2D eigenvalue weighted by atomic mass is 32.2. The van der Waals surface area contributed by atoms with Gasteiger partial charge in [0.15, 0.2) is 16.0 Å². The molecule has 4 aromatic heterocycles. The Labute approximate surface area is 288 Å². The summed E-state index contributed by atoms with van der Waals surface area (Å²) in [6, 6.07) is 7.38. The maximum Gasteiger partial charge on any atom is 0.410 e. The second-order valence-electron chi connectivity index (χ2n) is 12.3. The number of aromatic nitrogens is 8. The van der Waals surface area contributed by atoms with E-state index in [4.69, 9.17) is 16.2 Å². The topological polar surface area (TPSA) is 214 Å². The van der Waals surface area contributed by atoms with Crippen molar-refractivity contribution in [2.24, 2.45) is 11.5 Å². The van der Waals surface area contributed by atoms with Crippen molar-refractivity contribution in [1.82, 2.24) is 44.8 Å². The zero-order valence-electron chi connectivity index (χ0n) is 27.6. The number of fused-ring (bicyclic) bond motifs is 6. The minimum Gasteiger partial charge on any atom is -0.444 e. The average molecular weight is 702 g/mol. The number of nitrogens with two attached hydrogens (primary N) is 2. The third-order valence-corrected chi connectivity index (χ3v) is 9.08. The minimum atomic E-state index is -0.576. The van der Waals surface area contributed by atoms with Crippen LogP contribution in [0.3, 0.4) is 0 Å². The molecule has 3 amide bonds. The van der Waals surface area contributed by atoms with Crippen LogP contribution in [-0.2, 0) is 4.74 Å². The van der Waals surface area contributed by atoms with Gasteiger partial charge < -0.3 is 21.1 Å². The number of hydrogen-bond acceptors (Lipinski definition) is 12. The second-order valence-corrected chi connectivity index (χ2v) is 13.9. The molecule has 1 saturated heterocycles. The quantitative estimate of drug-likeness (QED) is 0.165. The molecule has 0 atom stereocenters. The van der Waals surface area contributed by atoms with Crippen molar-refractivity contribution in [3.63, 3.8) is 0 Å². The molecular formula is C32H35N11O4S2. The van der Waals surface area contributed by atoms with Crippen LogP contribution in [-0.4, -0.2) is 93.9 Å². The van der Waals surface area contributed by atoms with Crippen LogP contribution in [0.5, 0.6) is 0 Å². The highest BCUT2D eigenvalue weighted by Crippen LogP contribution is 2.33. The maximum atomic E-state index is 12.4. The van der Waals surface area contributed by atoms with Gasteiger partial charge in [0.1, 0.15) is 27.8 Å². The normalized spacial score (nSPS) is 13.9. The van der Waals surface area contributed by atoms with E-state index in [0.717, 1.165) is 27.3 Å². The van der Waals surface area contributed by atoms with Crippen LogP contribution in [0.4, 0.5) is 4.79 Å². The number of carbonyl (C=O) groups is 3. The lowest BCUT2D eigenvalue weighted by Crippen LogP contribution is -2.42. The number of piperidine rings is 1. The first kappa shape index (κ1) is 33.9. The Morgan fingerprint density at radius 1 is 0.857 bits per heavy atom. The third-order valence-electron chi connectivity index (χ3n) is 7.96. The van der Waals surface area contributed by atoms with Gasteiger partial charge in [0.2, 0.25) is 0 Å². The lowest BCUT2D eigenvalue weighted by Gasteiger charge is -2.33. The largest absolute Gasteiger partial charge is 0.444 e. The van der Waals surface area contributed by atoms with E-state index in [1.807, 2.05) is 56.2 Å². The SMILES string of the molecule is CSc1ncc2ccc3c(C(N)=O)[nH]nc3c2n1.CSc1ncc2ccc3c(C(N)=O)nn(C4CCN(C(=O)OC(C)(C)C)CC4)c3c2n1. The molecule has 2 aromatic carbocycles. The number of ether oxygens (including phenoxy) is 1. The summed E-state index contributed by atoms with van der Waals surface area (Å²) in [7, 11) is 0. The molecule has 0 radical (unpaired) electrons. The van der Waals surface area contributed by atoms with Gasteiger partial charge in [0.25, 0.3) is 11.8 Å². The predicted octanol–water partition coefficient (Wildman–Crippen LogP) is 4.70. The predicted molar refractivity (Wildman–Crippen MR) is 189 cm³/mol. The number of likely N-dealkylation sites (tertiary alicyclic amines) is 1. The summed E-state index contributed by atoms with van der Waals surface area (Å²) in [5.74, 6) is -1.11. The Bertz CT molecular complexity index is 2240. The number of hydrogen-bond donors (Lipinski definition) is 3. The molecule has 17 heteroatoms. The molecule has 5 N–H and O–H groups in total. The number of nitrogens with one attached hydrogen (secondary N) is 1. The van der Waals surface area contributed by atoms with Gasteiger partial charge in [-0.25, -0.2) is 24.7 Å². The van der Waals surface area contributed by atoms with E-state index in [2.05, 4.69) is 35.2 Å². The van der Waals surface area contributed by atoms with E-state index < -0.39 is 17.4 Å². The zero-order valence-corrected chi connectivity index (χ0v) is 29.2. The minimum absolute atomic E-state index is 0.00702. The molecule has 49 heavy (non-hydrogen) atoms. The fraction of sp³-hybridized carbons (Fsp3) is 0.344. The van der Waals surface area contributed by atoms with Crippen LogP contribution in [0, 0.1) is 0 Å². The van der Waals surface area contributed by atoms with E-state index >= 15 is 0 Å². The molecule has 254 valence electrons. The molecular weight excluding hydrogens is 667 g/mol. The Morgan fingerprint density at radius 3 is 2.02 bits per heavy atom. The standard InChI is InChI=1S/C21H26N6O3S.C11H9N5OS/c1-21(2,3)30-20(29)26-9-7-13(8-10-26)27-17-14(16(25-27)18(22)28)6-5-12-11-23-19(31-4)24-15(12)17;1-18-11-13-4-5-2-3-6-8(7(5)14-11)15-16-9(6)10(12)17/h5-6,11,13H,7-10H2,1-4H3,(H2,22,28);2-4H,1H3,(H2,12,17)(H,15,16). The molecule has 0 aliphatic carbocycles. The summed E-state index contributed by atoms with van der Waals surface area (Å²) < 4.78 is 7.35. The summed E-state index contributed by atoms with van der Waals surface area (Å²) in [5.41, 5.74) is 13.8. The van der Waals surface area contributed by atoms with Crippen molar-refractivity contribution >= 4 is 85.0 Å². The smallest absolute Gasteiger partial charge is 0.410 e. The van der Waals surface area contributed by atoms with Crippen molar-refractivity contribution in [2.75, 3.05) is 25.6 Å². The summed E-state index contributed by atoms with van der Waals surface area (Å²) in [6.07, 6.45) is 8.40. The van der Waals surface area contributed by atoms with Crippen LogP contribution in [0.25, 0.3) is 43.6 Å². The molecule has 0 saturated carbocycles. The number of rotatable bonds is 5. The molecule has 0 bridgehead atoms. The molecule has 0 spiro atoms. The number of primary amides is 2. The molecule has 1 fully saturated rings. The first-order valence-corrected chi connectivity index (χ1v) is 17.8. The van der Waals surface area contributed by atoms with Gasteiger partial charge in [-0.1, -0.05) is 35.7 Å². The Kier molecular flexibility index (Phi) is 9.30. The first-order valence-electron chi connectivity index (χ1n) is 15.4. The molecule has 1 aliphatic heterocycles. The van der Waals surface area contributed by atoms with Crippen molar-refractivity contribution in [1.29, 1.82) is 0 Å². The van der Waals surface area contributed by atoms with Crippen LogP contribution in [0.1, 0.15) is 60.6 Å². The third kappa shape index (κ3) is 6.80. The van der Waals surface area contributed by atoms with E-state index in [1.54, 1.807) is 23.4 Å². The highest BCUT2D eigenvalue weighted by Gasteiger charge is 2.30. The monoisotopic (exact) mass is 701 g/mol. The number of amides is 3. The van der Waals surface area contributed by atoms with Gasteiger partial charge in [-0.15, -0.1) is 0 Å². The molecule has 5 heterocycles. The Morgan fingerprint density at radius 2 is 1.45 bits per heavy atom. The number of thioether (sulfide) groups is 2. The molecule has 0 unspecified atom stereocenters. The highest BCUT2D eigenvalue weighted by molar-refractivity contribution is 7.98. The van der Waals surface area contributed by atoms with Gasteiger partial charge in [0, 0.05) is 47.0 Å².